The summed E-state index contributed by atoms with van der Waals surface area (Å²) in [5.41, 5.74) is 7.90. The van der Waals surface area contributed by atoms with E-state index < -0.39 is 35.6 Å². The van der Waals surface area contributed by atoms with Gasteiger partial charge in [-0.15, -0.1) is 0 Å². The lowest BCUT2D eigenvalue weighted by Crippen LogP contribution is -2.54. The number of hydrogen-bond donors (Lipinski definition) is 3. The SMILES string of the molecule is CC(=O)N[C@H](Cc1ccc(F)cc1)C(=O)N[C@H](Cc1ccc(C(=O)c2ccccc2)cc1)C(N)=O. The summed E-state index contributed by atoms with van der Waals surface area (Å²) in [5, 5.41) is 5.15. The lowest BCUT2D eigenvalue weighted by molar-refractivity contribution is -0.130. The fourth-order valence-electron chi connectivity index (χ4n) is 3.59. The smallest absolute Gasteiger partial charge is 0.243 e. The maximum absolute atomic E-state index is 13.2. The van der Waals surface area contributed by atoms with Crippen molar-refractivity contribution >= 4 is 23.5 Å². The number of halogens is 1. The molecule has 0 aliphatic rings. The third-order valence-corrected chi connectivity index (χ3v) is 5.40. The first-order valence-electron chi connectivity index (χ1n) is 11.0. The van der Waals surface area contributed by atoms with E-state index in [1.165, 1.54) is 31.2 Å². The molecule has 2 atom stereocenters. The predicted octanol–water partition coefficient (Wildman–Crippen LogP) is 2.32. The van der Waals surface area contributed by atoms with Gasteiger partial charge in [0.15, 0.2) is 5.78 Å². The van der Waals surface area contributed by atoms with Crippen LogP contribution in [0.5, 0.6) is 0 Å². The van der Waals surface area contributed by atoms with Crippen molar-refractivity contribution < 1.29 is 23.6 Å². The molecule has 0 aliphatic heterocycles. The van der Waals surface area contributed by atoms with Gasteiger partial charge in [0, 0.05) is 30.9 Å². The number of carbonyl (C=O) groups excluding carboxylic acids is 4. The van der Waals surface area contributed by atoms with Gasteiger partial charge in [-0.05, 0) is 23.3 Å². The summed E-state index contributed by atoms with van der Waals surface area (Å²) in [6.07, 6.45) is 0.206. The summed E-state index contributed by atoms with van der Waals surface area (Å²) < 4.78 is 13.2. The number of amides is 3. The molecule has 35 heavy (non-hydrogen) atoms. The van der Waals surface area contributed by atoms with E-state index in [9.17, 15) is 23.6 Å². The maximum atomic E-state index is 13.2. The Hall–Kier alpha value is -4.33. The van der Waals surface area contributed by atoms with E-state index in [0.29, 0.717) is 22.3 Å². The van der Waals surface area contributed by atoms with Crippen LogP contribution in [0.1, 0.15) is 34.0 Å². The van der Waals surface area contributed by atoms with E-state index in [0.717, 1.165) is 0 Å². The summed E-state index contributed by atoms with van der Waals surface area (Å²) in [5.74, 6) is -2.31. The van der Waals surface area contributed by atoms with Gasteiger partial charge in [0.2, 0.25) is 17.7 Å². The number of carbonyl (C=O) groups is 4. The number of nitrogens with two attached hydrogens (primary N) is 1. The van der Waals surface area contributed by atoms with E-state index in [2.05, 4.69) is 10.6 Å². The molecule has 3 rings (SSSR count). The second kappa shape index (κ2) is 11.7. The summed E-state index contributed by atoms with van der Waals surface area (Å²) in [4.78, 5) is 49.2. The highest BCUT2D eigenvalue weighted by atomic mass is 19.1. The molecule has 0 bridgehead atoms. The van der Waals surface area contributed by atoms with Crippen molar-refractivity contribution in [3.63, 3.8) is 0 Å². The van der Waals surface area contributed by atoms with Crippen molar-refractivity contribution in [3.8, 4) is 0 Å². The Bertz CT molecular complexity index is 1200. The molecular formula is C27H26FN3O4. The zero-order valence-corrected chi connectivity index (χ0v) is 19.2. The molecule has 3 amide bonds. The fourth-order valence-corrected chi connectivity index (χ4v) is 3.59. The van der Waals surface area contributed by atoms with Crippen LogP contribution in [-0.4, -0.2) is 35.6 Å². The Kier molecular flexibility index (Phi) is 8.45. The summed E-state index contributed by atoms with van der Waals surface area (Å²) in [7, 11) is 0. The monoisotopic (exact) mass is 475 g/mol. The molecule has 0 radical (unpaired) electrons. The second-order valence-electron chi connectivity index (χ2n) is 8.14. The Morgan fingerprint density at radius 2 is 1.26 bits per heavy atom. The minimum atomic E-state index is -1.04. The first kappa shape index (κ1) is 25.3. The molecule has 0 unspecified atom stereocenters. The molecule has 8 heteroatoms. The van der Waals surface area contributed by atoms with Gasteiger partial charge in [0.1, 0.15) is 17.9 Å². The summed E-state index contributed by atoms with van der Waals surface area (Å²) in [6.45, 7) is 1.27. The van der Waals surface area contributed by atoms with Crippen molar-refractivity contribution in [1.82, 2.24) is 10.6 Å². The summed E-state index contributed by atoms with van der Waals surface area (Å²) >= 11 is 0. The van der Waals surface area contributed by atoms with E-state index >= 15 is 0 Å². The van der Waals surface area contributed by atoms with Gasteiger partial charge in [-0.25, -0.2) is 4.39 Å². The first-order valence-corrected chi connectivity index (χ1v) is 11.0. The highest BCUT2D eigenvalue weighted by molar-refractivity contribution is 6.08. The first-order chi connectivity index (χ1) is 16.7. The second-order valence-corrected chi connectivity index (χ2v) is 8.14. The van der Waals surface area contributed by atoms with Gasteiger partial charge in [0.25, 0.3) is 0 Å². The van der Waals surface area contributed by atoms with E-state index in [1.54, 1.807) is 48.5 Å². The number of rotatable bonds is 10. The number of ketones is 1. The van der Waals surface area contributed by atoms with Crippen LogP contribution in [-0.2, 0) is 27.2 Å². The number of hydrogen-bond acceptors (Lipinski definition) is 4. The third-order valence-electron chi connectivity index (χ3n) is 5.40. The Morgan fingerprint density at radius 3 is 1.80 bits per heavy atom. The van der Waals surface area contributed by atoms with Crippen LogP contribution in [0.25, 0.3) is 0 Å². The maximum Gasteiger partial charge on any atom is 0.243 e. The normalized spacial score (nSPS) is 12.3. The van der Waals surface area contributed by atoms with Gasteiger partial charge in [0.05, 0.1) is 0 Å². The molecule has 4 N–H and O–H groups in total. The molecule has 7 nitrogen and oxygen atoms in total. The van der Waals surface area contributed by atoms with Crippen molar-refractivity contribution in [2.45, 2.75) is 31.8 Å². The standard InChI is InChI=1S/C27H26FN3O4/c1-17(32)30-24(16-19-9-13-22(28)14-10-19)27(35)31-23(26(29)34)15-18-7-11-21(12-8-18)25(33)20-5-3-2-4-6-20/h2-14,23-24H,15-16H2,1H3,(H2,29,34)(H,30,32)(H,31,35)/t23-,24-/m1/s1. The fraction of sp³-hybridized carbons (Fsp3) is 0.185. The Balaban J connectivity index is 1.69. The molecule has 0 heterocycles. The van der Waals surface area contributed by atoms with Crippen LogP contribution in [0.15, 0.2) is 78.9 Å². The average molecular weight is 476 g/mol. The number of primary amides is 1. The van der Waals surface area contributed by atoms with Crippen molar-refractivity contribution in [2.75, 3.05) is 0 Å². The van der Waals surface area contributed by atoms with E-state index in [-0.39, 0.29) is 18.6 Å². The lowest BCUT2D eigenvalue weighted by Gasteiger charge is -2.22. The van der Waals surface area contributed by atoms with Crippen LogP contribution in [0.4, 0.5) is 4.39 Å². The van der Waals surface area contributed by atoms with Gasteiger partial charge in [-0.2, -0.15) is 0 Å². The number of nitrogens with one attached hydrogen (secondary N) is 2. The van der Waals surface area contributed by atoms with Crippen molar-refractivity contribution in [2.24, 2.45) is 5.73 Å². The zero-order chi connectivity index (χ0) is 25.4. The minimum Gasteiger partial charge on any atom is -0.368 e. The summed E-state index contributed by atoms with van der Waals surface area (Å²) in [6, 6.07) is 19.1. The topological polar surface area (TPSA) is 118 Å². The van der Waals surface area contributed by atoms with Gasteiger partial charge >= 0.3 is 0 Å². The molecule has 0 spiro atoms. The van der Waals surface area contributed by atoms with Gasteiger partial charge in [-0.1, -0.05) is 66.7 Å². The molecular weight excluding hydrogens is 449 g/mol. The molecule has 0 fully saturated rings. The Morgan fingerprint density at radius 1 is 0.743 bits per heavy atom. The lowest BCUT2D eigenvalue weighted by atomic mass is 9.99. The van der Waals surface area contributed by atoms with Crippen molar-refractivity contribution in [1.29, 1.82) is 0 Å². The predicted molar refractivity (Wildman–Crippen MR) is 129 cm³/mol. The number of benzene rings is 3. The minimum absolute atomic E-state index is 0.101. The quantitative estimate of drug-likeness (QED) is 0.390. The largest absolute Gasteiger partial charge is 0.368 e. The molecule has 0 aliphatic carbocycles. The van der Waals surface area contributed by atoms with Crippen LogP contribution in [0.3, 0.4) is 0 Å². The average Bonchev–Trinajstić information content (AvgIpc) is 2.84. The molecule has 0 saturated heterocycles. The molecule has 180 valence electrons. The van der Waals surface area contributed by atoms with E-state index in [4.69, 9.17) is 5.73 Å². The highest BCUT2D eigenvalue weighted by Gasteiger charge is 2.25. The van der Waals surface area contributed by atoms with Crippen molar-refractivity contribution in [3.05, 3.63) is 107 Å². The molecule has 3 aromatic rings. The highest BCUT2D eigenvalue weighted by Crippen LogP contribution is 2.13. The van der Waals surface area contributed by atoms with Gasteiger partial charge < -0.3 is 16.4 Å². The van der Waals surface area contributed by atoms with Crippen LogP contribution >= 0.6 is 0 Å². The van der Waals surface area contributed by atoms with Crippen LogP contribution < -0.4 is 16.4 Å². The van der Waals surface area contributed by atoms with Crippen LogP contribution in [0, 0.1) is 5.82 Å². The van der Waals surface area contributed by atoms with Gasteiger partial charge in [-0.3, -0.25) is 19.2 Å². The Labute approximate surface area is 202 Å². The third kappa shape index (κ3) is 7.33. The van der Waals surface area contributed by atoms with Crippen LogP contribution in [0.2, 0.25) is 0 Å². The van der Waals surface area contributed by atoms with E-state index in [1.807, 2.05) is 6.07 Å². The molecule has 3 aromatic carbocycles. The molecule has 0 aromatic heterocycles. The zero-order valence-electron chi connectivity index (χ0n) is 19.2. The molecule has 0 saturated carbocycles.